The van der Waals surface area contributed by atoms with Crippen molar-refractivity contribution < 1.29 is 19.5 Å². The van der Waals surface area contributed by atoms with Gasteiger partial charge in [-0.15, -0.1) is 0 Å². The van der Waals surface area contributed by atoms with E-state index in [1.807, 2.05) is 49.1 Å². The molecule has 0 saturated heterocycles. The van der Waals surface area contributed by atoms with E-state index in [-0.39, 0.29) is 19.5 Å². The molecule has 0 amide bonds. The summed E-state index contributed by atoms with van der Waals surface area (Å²) in [7, 11) is 0. The molecule has 5 heteroatoms. The Labute approximate surface area is 320 Å². The molecular formula is C48H32N4Rh+3. The van der Waals surface area contributed by atoms with Gasteiger partial charge in [-0.2, -0.15) is 0 Å². The van der Waals surface area contributed by atoms with Gasteiger partial charge in [0.2, 0.25) is 0 Å². The Morgan fingerprint density at radius 3 is 0.642 bits per heavy atom. The summed E-state index contributed by atoms with van der Waals surface area (Å²) >= 11 is 0. The molecule has 0 N–H and O–H groups in total. The average Bonchev–Trinajstić information content (AvgIpc) is 3.24. The zero-order chi connectivity index (χ0) is 34.7. The van der Waals surface area contributed by atoms with Crippen LogP contribution in [0.25, 0.3) is 88.1 Å². The van der Waals surface area contributed by atoms with Crippen LogP contribution in [0.1, 0.15) is 0 Å². The second-order valence-electron chi connectivity index (χ2n) is 12.6. The Kier molecular flexibility index (Phi) is 9.57. The number of nitrogens with zero attached hydrogens (tertiary/aromatic N) is 4. The summed E-state index contributed by atoms with van der Waals surface area (Å²) in [6, 6.07) is 58.7. The second-order valence-corrected chi connectivity index (χ2v) is 12.6. The molecule has 10 rings (SSSR count). The Hall–Kier alpha value is -6.42. The number of aromatic nitrogens is 4. The predicted octanol–water partition coefficient (Wildman–Crippen LogP) is 12.2. The van der Waals surface area contributed by atoms with E-state index < -0.39 is 0 Å². The fraction of sp³-hybridized carbons (Fsp3) is 0. The van der Waals surface area contributed by atoms with Crippen LogP contribution in [0.3, 0.4) is 0 Å². The third-order valence-electron chi connectivity index (χ3n) is 9.58. The molecule has 0 aliphatic rings. The molecule has 4 nitrogen and oxygen atoms in total. The average molecular weight is 768 g/mol. The molecule has 0 fully saturated rings. The summed E-state index contributed by atoms with van der Waals surface area (Å²) < 4.78 is 0. The van der Waals surface area contributed by atoms with Crippen LogP contribution in [-0.4, -0.2) is 19.9 Å². The SMILES string of the molecule is [Rh+3].c1ccc(-c2ccnc3c2ccc2c(-c4ccccc4)ccnc23)cc1.c1ccc(-c2ccnc3c2ccc2c(-c4ccccc4)ccnc23)cc1. The molecule has 0 aliphatic carbocycles. The first-order valence-electron chi connectivity index (χ1n) is 17.4. The van der Waals surface area contributed by atoms with Gasteiger partial charge in [-0.25, -0.2) is 0 Å². The topological polar surface area (TPSA) is 51.6 Å². The summed E-state index contributed by atoms with van der Waals surface area (Å²) in [5.74, 6) is 0. The minimum atomic E-state index is 0. The first kappa shape index (κ1) is 33.7. The number of hydrogen-bond donors (Lipinski definition) is 0. The number of rotatable bonds is 4. The number of hydrogen-bond acceptors (Lipinski definition) is 4. The first-order valence-corrected chi connectivity index (χ1v) is 17.4. The smallest absolute Gasteiger partial charge is 0.254 e. The molecule has 0 saturated carbocycles. The van der Waals surface area contributed by atoms with Gasteiger partial charge >= 0.3 is 19.5 Å². The maximum absolute atomic E-state index is 4.67. The molecule has 6 aromatic carbocycles. The van der Waals surface area contributed by atoms with E-state index >= 15 is 0 Å². The van der Waals surface area contributed by atoms with Crippen LogP contribution in [0.4, 0.5) is 0 Å². The van der Waals surface area contributed by atoms with Crippen molar-refractivity contribution in [3.8, 4) is 44.5 Å². The largest absolute Gasteiger partial charge is 3.00 e. The van der Waals surface area contributed by atoms with Crippen molar-refractivity contribution in [3.63, 3.8) is 0 Å². The van der Waals surface area contributed by atoms with Gasteiger partial charge in [0.1, 0.15) is 0 Å². The zero-order valence-electron chi connectivity index (χ0n) is 28.6. The van der Waals surface area contributed by atoms with Gasteiger partial charge in [0.05, 0.1) is 22.1 Å². The third kappa shape index (κ3) is 6.48. The predicted molar refractivity (Wildman–Crippen MR) is 216 cm³/mol. The van der Waals surface area contributed by atoms with Gasteiger partial charge in [-0.1, -0.05) is 146 Å². The van der Waals surface area contributed by atoms with Crippen LogP contribution in [0.2, 0.25) is 0 Å². The molecule has 0 spiro atoms. The van der Waals surface area contributed by atoms with Crippen molar-refractivity contribution in [2.75, 3.05) is 0 Å². The Morgan fingerprint density at radius 1 is 0.226 bits per heavy atom. The van der Waals surface area contributed by atoms with Gasteiger partial charge in [0, 0.05) is 46.3 Å². The maximum Gasteiger partial charge on any atom is 3.00 e. The monoisotopic (exact) mass is 767 g/mol. The van der Waals surface area contributed by atoms with E-state index in [9.17, 15) is 0 Å². The fourth-order valence-corrected chi connectivity index (χ4v) is 7.13. The van der Waals surface area contributed by atoms with Crippen molar-refractivity contribution >= 4 is 43.6 Å². The van der Waals surface area contributed by atoms with Crippen LogP contribution in [0.5, 0.6) is 0 Å². The van der Waals surface area contributed by atoms with Crippen molar-refractivity contribution in [1.82, 2.24) is 19.9 Å². The van der Waals surface area contributed by atoms with E-state index in [1.54, 1.807) is 0 Å². The van der Waals surface area contributed by atoms with E-state index in [1.165, 1.54) is 44.5 Å². The molecule has 250 valence electrons. The standard InChI is InChI=1S/2C24H16N2.Rh/c2*1-3-7-17(8-4-1)19-13-15-25-23-21(19)11-12-22-20(14-16-26-24(22)23)18-9-5-2-6-10-18;/h2*1-16H;/q;;+3. The summed E-state index contributed by atoms with van der Waals surface area (Å²) in [6.45, 7) is 0. The second kappa shape index (κ2) is 15.1. The molecule has 4 aromatic heterocycles. The van der Waals surface area contributed by atoms with Gasteiger partial charge in [0.25, 0.3) is 0 Å². The first-order chi connectivity index (χ1) is 25.8. The summed E-state index contributed by atoms with van der Waals surface area (Å²) in [4.78, 5) is 18.7. The molecule has 4 heterocycles. The molecule has 53 heavy (non-hydrogen) atoms. The van der Waals surface area contributed by atoms with Crippen LogP contribution in [-0.2, 0) is 19.5 Å². The van der Waals surface area contributed by atoms with Gasteiger partial charge in [0.15, 0.2) is 0 Å². The summed E-state index contributed by atoms with van der Waals surface area (Å²) in [5.41, 5.74) is 13.3. The van der Waals surface area contributed by atoms with Gasteiger partial charge < -0.3 is 0 Å². The van der Waals surface area contributed by atoms with Crippen LogP contribution in [0, 0.1) is 0 Å². The molecule has 0 aliphatic heterocycles. The number of pyridine rings is 4. The van der Waals surface area contributed by atoms with Crippen molar-refractivity contribution in [2.24, 2.45) is 0 Å². The van der Waals surface area contributed by atoms with Crippen LogP contribution >= 0.6 is 0 Å². The molecule has 10 aromatic rings. The minimum Gasteiger partial charge on any atom is -0.254 e. The van der Waals surface area contributed by atoms with E-state index in [0.717, 1.165) is 43.6 Å². The number of fused-ring (bicyclic) bond motifs is 6. The quantitative estimate of drug-likeness (QED) is 0.132. The minimum absolute atomic E-state index is 0. The van der Waals surface area contributed by atoms with Crippen molar-refractivity contribution in [1.29, 1.82) is 0 Å². The zero-order valence-corrected chi connectivity index (χ0v) is 30.2. The molecular weight excluding hydrogens is 735 g/mol. The Morgan fingerprint density at radius 2 is 0.434 bits per heavy atom. The van der Waals surface area contributed by atoms with Crippen LogP contribution in [0.15, 0.2) is 195 Å². The Bertz CT molecular complexity index is 2430. The molecule has 0 bridgehead atoms. The van der Waals surface area contributed by atoms with Gasteiger partial charge in [-0.3, -0.25) is 19.9 Å². The molecule has 0 radical (unpaired) electrons. The summed E-state index contributed by atoms with van der Waals surface area (Å²) in [6.07, 6.45) is 7.50. The van der Waals surface area contributed by atoms with Crippen LogP contribution < -0.4 is 0 Å². The molecule has 0 atom stereocenters. The normalized spacial score (nSPS) is 10.9. The maximum atomic E-state index is 4.67. The van der Waals surface area contributed by atoms with Crippen molar-refractivity contribution in [2.45, 2.75) is 0 Å². The molecule has 0 unspecified atom stereocenters. The van der Waals surface area contributed by atoms with E-state index in [2.05, 4.69) is 166 Å². The van der Waals surface area contributed by atoms with Gasteiger partial charge in [-0.05, 0) is 68.8 Å². The fourth-order valence-electron chi connectivity index (χ4n) is 7.13. The van der Waals surface area contributed by atoms with Crippen molar-refractivity contribution in [3.05, 3.63) is 195 Å². The third-order valence-corrected chi connectivity index (χ3v) is 9.58. The van der Waals surface area contributed by atoms with E-state index in [4.69, 9.17) is 0 Å². The summed E-state index contributed by atoms with van der Waals surface area (Å²) in [5, 5.41) is 4.51. The number of benzene rings is 6. The Balaban J connectivity index is 0.000000148. The van der Waals surface area contributed by atoms with E-state index in [0.29, 0.717) is 0 Å².